The van der Waals surface area contributed by atoms with E-state index in [-0.39, 0.29) is 10.8 Å². The summed E-state index contributed by atoms with van der Waals surface area (Å²) in [7, 11) is 0. The maximum Gasteiger partial charge on any atom is 0.0726 e. The highest BCUT2D eigenvalue weighted by molar-refractivity contribution is 6.19. The molecule has 2 spiro atoms. The zero-order valence-corrected chi connectivity index (χ0v) is 31.6. The van der Waals surface area contributed by atoms with Gasteiger partial charge in [-0.1, -0.05) is 147 Å². The summed E-state index contributed by atoms with van der Waals surface area (Å²) in [5, 5.41) is 6.77. The molecule has 1 aromatic heterocycles. The fourth-order valence-electron chi connectivity index (χ4n) is 12.6. The van der Waals surface area contributed by atoms with Crippen LogP contribution < -0.4 is 5.32 Å². The summed E-state index contributed by atoms with van der Waals surface area (Å²) in [4.78, 5) is 0. The third-order valence-electron chi connectivity index (χ3n) is 14.7. The van der Waals surface area contributed by atoms with Gasteiger partial charge in [0.25, 0.3) is 0 Å². The normalized spacial score (nSPS) is 16.4. The van der Waals surface area contributed by atoms with Crippen LogP contribution in [0.25, 0.3) is 72.0 Å². The topological polar surface area (TPSA) is 17.0 Å². The largest absolute Gasteiger partial charge is 0.355 e. The molecule has 2 nitrogen and oxygen atoms in total. The van der Waals surface area contributed by atoms with Crippen molar-refractivity contribution in [2.24, 2.45) is 0 Å². The molecule has 0 saturated heterocycles. The number of rotatable bonds is 2. The lowest BCUT2D eigenvalue weighted by Crippen LogP contribution is -2.28. The van der Waals surface area contributed by atoms with Crippen LogP contribution in [0.3, 0.4) is 0 Å². The fourth-order valence-corrected chi connectivity index (χ4v) is 12.6. The summed E-state index contributed by atoms with van der Waals surface area (Å²) in [6.45, 7) is 0. The molecule has 9 aromatic rings. The summed E-state index contributed by atoms with van der Waals surface area (Å²) in [5.74, 6) is 0. The average molecular weight is 727 g/mol. The fraction of sp³-hybridized carbons (Fsp3) is 0.127. The molecule has 1 fully saturated rings. The summed E-state index contributed by atoms with van der Waals surface area (Å²) in [6, 6.07) is 62.6. The Morgan fingerprint density at radius 2 is 1.02 bits per heavy atom. The molecule has 0 radical (unpaired) electrons. The first-order chi connectivity index (χ1) is 28.3. The molecule has 14 rings (SSSR count). The molecule has 5 aliphatic rings. The van der Waals surface area contributed by atoms with Gasteiger partial charge in [-0.05, 0) is 116 Å². The van der Waals surface area contributed by atoms with Gasteiger partial charge in [0.1, 0.15) is 0 Å². The van der Waals surface area contributed by atoms with Gasteiger partial charge in [-0.2, -0.15) is 0 Å². The molecule has 268 valence electrons. The van der Waals surface area contributed by atoms with Gasteiger partial charge >= 0.3 is 0 Å². The second kappa shape index (κ2) is 10.6. The van der Waals surface area contributed by atoms with Crippen molar-refractivity contribution in [2.45, 2.75) is 42.9 Å². The van der Waals surface area contributed by atoms with Crippen LogP contribution in [-0.4, -0.2) is 4.57 Å². The van der Waals surface area contributed by atoms with E-state index in [1.165, 1.54) is 143 Å². The highest BCUT2D eigenvalue weighted by Gasteiger charge is 2.52. The van der Waals surface area contributed by atoms with Gasteiger partial charge < -0.3 is 9.88 Å². The zero-order valence-electron chi connectivity index (χ0n) is 31.6. The molecular weight excluding hydrogens is 689 g/mol. The van der Waals surface area contributed by atoms with E-state index in [0.29, 0.717) is 0 Å². The van der Waals surface area contributed by atoms with Gasteiger partial charge in [0.15, 0.2) is 0 Å². The van der Waals surface area contributed by atoms with Crippen LogP contribution in [0, 0.1) is 0 Å². The average Bonchev–Trinajstić information content (AvgIpc) is 3.92. The van der Waals surface area contributed by atoms with E-state index >= 15 is 0 Å². The van der Waals surface area contributed by atoms with Crippen molar-refractivity contribution >= 4 is 33.2 Å². The lowest BCUT2D eigenvalue weighted by Gasteiger charge is -2.36. The van der Waals surface area contributed by atoms with Crippen LogP contribution >= 0.6 is 0 Å². The van der Waals surface area contributed by atoms with E-state index in [0.717, 1.165) is 5.69 Å². The van der Waals surface area contributed by atoms with Crippen LogP contribution in [-0.2, 0) is 10.8 Å². The van der Waals surface area contributed by atoms with Crippen molar-refractivity contribution in [1.82, 2.24) is 4.57 Å². The Kier molecular flexibility index (Phi) is 5.68. The highest BCUT2D eigenvalue weighted by atomic mass is 15.0. The molecule has 1 saturated carbocycles. The molecule has 0 atom stereocenters. The number of hydrogen-bond acceptors (Lipinski definition) is 1. The lowest BCUT2D eigenvalue weighted by molar-refractivity contribution is 0.353. The van der Waals surface area contributed by atoms with E-state index in [9.17, 15) is 0 Å². The van der Waals surface area contributed by atoms with E-state index in [4.69, 9.17) is 0 Å². The Morgan fingerprint density at radius 3 is 1.75 bits per heavy atom. The van der Waals surface area contributed by atoms with E-state index in [1.54, 1.807) is 0 Å². The maximum absolute atomic E-state index is 4.08. The van der Waals surface area contributed by atoms with Crippen LogP contribution in [0.2, 0.25) is 0 Å². The number of benzene rings is 8. The van der Waals surface area contributed by atoms with Crippen molar-refractivity contribution in [1.29, 1.82) is 0 Å². The molecule has 8 aromatic carbocycles. The molecule has 57 heavy (non-hydrogen) atoms. The first-order valence-corrected chi connectivity index (χ1v) is 20.8. The maximum atomic E-state index is 4.08. The molecule has 0 amide bonds. The summed E-state index contributed by atoms with van der Waals surface area (Å²) < 4.78 is 2.59. The Labute approximate surface area is 332 Å². The van der Waals surface area contributed by atoms with Crippen molar-refractivity contribution in [3.8, 4) is 50.2 Å². The van der Waals surface area contributed by atoms with Crippen LogP contribution in [0.4, 0.5) is 11.4 Å². The minimum atomic E-state index is -0.368. The second-order valence-corrected chi connectivity index (χ2v) is 17.1. The third kappa shape index (κ3) is 3.56. The van der Waals surface area contributed by atoms with Crippen LogP contribution in [0.5, 0.6) is 0 Å². The van der Waals surface area contributed by atoms with Gasteiger partial charge in [-0.15, -0.1) is 0 Å². The third-order valence-corrected chi connectivity index (χ3v) is 14.7. The lowest BCUT2D eigenvalue weighted by atomic mass is 9.67. The Bertz CT molecular complexity index is 3200. The molecule has 4 aliphatic carbocycles. The van der Waals surface area contributed by atoms with Crippen LogP contribution in [0.15, 0.2) is 164 Å². The van der Waals surface area contributed by atoms with Gasteiger partial charge in [-0.25, -0.2) is 0 Å². The molecule has 0 unspecified atom stereocenters. The second-order valence-electron chi connectivity index (χ2n) is 17.1. The molecule has 2 heterocycles. The van der Waals surface area contributed by atoms with Gasteiger partial charge in [0, 0.05) is 38.7 Å². The number of hydrogen-bond donors (Lipinski definition) is 1. The van der Waals surface area contributed by atoms with E-state index in [1.807, 2.05) is 0 Å². The first kappa shape index (κ1) is 30.6. The number of aromatic nitrogens is 1. The number of fused-ring (bicyclic) bond motifs is 18. The number of nitrogens with one attached hydrogen (secondary N) is 1. The Balaban J connectivity index is 1.01. The van der Waals surface area contributed by atoms with Gasteiger partial charge in [-0.3, -0.25) is 0 Å². The SMILES string of the molecule is c1ccc2c(c1)-c1cc(Nc3ccc4c(c3)C3(c5ccccc5-c5ccccc53)c3ccccc3-4)cc3c1-c1c(ccc4c5ccccc5n-2c14)C31CCCCC1. The minimum Gasteiger partial charge on any atom is -0.355 e. The predicted molar refractivity (Wildman–Crippen MR) is 235 cm³/mol. The first-order valence-electron chi connectivity index (χ1n) is 20.8. The van der Waals surface area contributed by atoms with Crippen molar-refractivity contribution in [2.75, 3.05) is 5.32 Å². The Morgan fingerprint density at radius 1 is 0.404 bits per heavy atom. The molecule has 2 heteroatoms. The number of para-hydroxylation sites is 2. The summed E-state index contributed by atoms with van der Waals surface area (Å²) in [5.41, 5.74) is 25.3. The Hall–Kier alpha value is -6.64. The van der Waals surface area contributed by atoms with Crippen molar-refractivity contribution in [3.63, 3.8) is 0 Å². The predicted octanol–water partition coefficient (Wildman–Crippen LogP) is 14.1. The quantitative estimate of drug-likeness (QED) is 0.188. The summed E-state index contributed by atoms with van der Waals surface area (Å²) >= 11 is 0. The van der Waals surface area contributed by atoms with Gasteiger partial charge in [0.2, 0.25) is 0 Å². The summed E-state index contributed by atoms with van der Waals surface area (Å²) in [6.07, 6.45) is 6.23. The monoisotopic (exact) mass is 726 g/mol. The molecule has 0 bridgehead atoms. The zero-order chi connectivity index (χ0) is 37.0. The van der Waals surface area contributed by atoms with E-state index in [2.05, 4.69) is 174 Å². The van der Waals surface area contributed by atoms with Crippen LogP contribution in [0.1, 0.15) is 65.5 Å². The minimum absolute atomic E-state index is 0.0119. The standard InChI is InChI=1S/C55H38N2/c1-12-28-54(29-13-1)46-27-26-41-39-17-5-10-22-49(39)57-50-23-11-6-18-40(50)42-30-34(32-48(54)51(42)52(46)53(41)57)56-33-24-25-38-37-16-4-9-21-45(37)55(47(38)31-33)43-19-7-2-14-35(43)36-15-3-8-20-44(36)55/h2-11,14-27,30-32,56H,1,12-13,28-29H2. The van der Waals surface area contributed by atoms with Crippen molar-refractivity contribution in [3.05, 3.63) is 197 Å². The highest BCUT2D eigenvalue weighted by Crippen LogP contribution is 2.65. The molecule has 1 N–H and O–H groups in total. The number of nitrogens with zero attached hydrogens (tertiary/aromatic N) is 1. The smallest absolute Gasteiger partial charge is 0.0726 e. The molecule has 1 aliphatic heterocycles. The van der Waals surface area contributed by atoms with Gasteiger partial charge in [0.05, 0.1) is 22.1 Å². The molecular formula is C55H38N2. The van der Waals surface area contributed by atoms with Crippen molar-refractivity contribution < 1.29 is 0 Å². The van der Waals surface area contributed by atoms with E-state index < -0.39 is 0 Å². The number of anilines is 2.